The fraction of sp³-hybridized carbons (Fsp3) is 0.500. The Morgan fingerprint density at radius 2 is 1.71 bits per heavy atom. The number of hydrogen-bond donors (Lipinski definition) is 0. The van der Waals surface area contributed by atoms with Gasteiger partial charge in [-0.15, -0.1) is 0 Å². The largest absolute Gasteiger partial charge is 0.373 e. The topological polar surface area (TPSA) is 93.0 Å². The van der Waals surface area contributed by atoms with Crippen molar-refractivity contribution in [2.75, 3.05) is 18.0 Å². The molecule has 0 aromatic heterocycles. The maximum atomic E-state index is 12.7. The Hall–Kier alpha value is -2.32. The van der Waals surface area contributed by atoms with Crippen LogP contribution in [0.5, 0.6) is 0 Å². The summed E-state index contributed by atoms with van der Waals surface area (Å²) < 4.78 is 5.67. The number of non-ortho nitro benzene ring substituents is 1. The number of imide groups is 1. The molecular weight excluding hydrogens is 314 g/mol. The van der Waals surface area contributed by atoms with Crippen LogP contribution in [-0.4, -0.2) is 53.0 Å². The normalized spacial score (nSPS) is 28.4. The molecule has 0 spiro atoms. The van der Waals surface area contributed by atoms with E-state index in [1.54, 1.807) is 0 Å². The summed E-state index contributed by atoms with van der Waals surface area (Å²) >= 11 is 0. The Labute approximate surface area is 139 Å². The average Bonchev–Trinajstić information content (AvgIpc) is 2.81. The van der Waals surface area contributed by atoms with E-state index in [4.69, 9.17) is 4.74 Å². The Morgan fingerprint density at radius 1 is 1.12 bits per heavy atom. The minimum atomic E-state index is -0.517. The summed E-state index contributed by atoms with van der Waals surface area (Å²) in [4.78, 5) is 38.4. The minimum Gasteiger partial charge on any atom is -0.373 e. The number of carbonyl (C=O) groups excluding carboxylic acids is 2. The number of nitro groups is 1. The first-order valence-corrected chi connectivity index (χ1v) is 7.87. The second-order valence-electron chi connectivity index (χ2n) is 6.27. The molecule has 2 saturated heterocycles. The third-order valence-corrected chi connectivity index (χ3v) is 4.33. The van der Waals surface area contributed by atoms with Gasteiger partial charge in [-0.2, -0.15) is 0 Å². The molecule has 0 saturated carbocycles. The third kappa shape index (κ3) is 3.02. The summed E-state index contributed by atoms with van der Waals surface area (Å²) in [5, 5.41) is 10.7. The van der Waals surface area contributed by atoms with Crippen LogP contribution in [0.15, 0.2) is 24.3 Å². The standard InChI is InChI=1S/C16H19N3O5/c1-10-8-17(9-11(2)24-10)14-7-15(20)18(16(14)21)12-3-5-13(6-4-12)19(22)23/h3-6,10-11,14H,7-9H2,1-2H3/t10-,11-,14+/m1/s1. The Balaban J connectivity index is 1.80. The molecular formula is C16H19N3O5. The van der Waals surface area contributed by atoms with Crippen LogP contribution in [-0.2, 0) is 14.3 Å². The molecule has 8 nitrogen and oxygen atoms in total. The highest BCUT2D eigenvalue weighted by atomic mass is 16.6. The molecule has 0 radical (unpaired) electrons. The van der Waals surface area contributed by atoms with Crippen LogP contribution in [0.1, 0.15) is 20.3 Å². The second kappa shape index (κ2) is 6.29. The minimum absolute atomic E-state index is 0.00470. The first-order chi connectivity index (χ1) is 11.4. The fourth-order valence-corrected chi connectivity index (χ4v) is 3.37. The van der Waals surface area contributed by atoms with Crippen molar-refractivity contribution in [1.82, 2.24) is 4.90 Å². The molecule has 2 fully saturated rings. The summed E-state index contributed by atoms with van der Waals surface area (Å²) in [5.74, 6) is -0.569. The first kappa shape index (κ1) is 16.5. The second-order valence-corrected chi connectivity index (χ2v) is 6.27. The third-order valence-electron chi connectivity index (χ3n) is 4.33. The maximum absolute atomic E-state index is 12.7. The quantitative estimate of drug-likeness (QED) is 0.471. The van der Waals surface area contributed by atoms with Crippen molar-refractivity contribution in [3.63, 3.8) is 0 Å². The summed E-state index contributed by atoms with van der Waals surface area (Å²) in [5.41, 5.74) is 0.290. The molecule has 2 amide bonds. The van der Waals surface area contributed by atoms with E-state index in [1.807, 2.05) is 18.7 Å². The van der Waals surface area contributed by atoms with Gasteiger partial charge in [-0.1, -0.05) is 0 Å². The lowest BCUT2D eigenvalue weighted by atomic mass is 10.1. The summed E-state index contributed by atoms with van der Waals surface area (Å²) in [7, 11) is 0. The molecule has 1 aromatic rings. The van der Waals surface area contributed by atoms with Gasteiger partial charge in [-0.25, -0.2) is 4.90 Å². The Bertz CT molecular complexity index is 665. The van der Waals surface area contributed by atoms with Crippen molar-refractivity contribution < 1.29 is 19.2 Å². The van der Waals surface area contributed by atoms with Gasteiger partial charge in [-0.3, -0.25) is 24.6 Å². The highest BCUT2D eigenvalue weighted by molar-refractivity contribution is 6.22. The molecule has 3 rings (SSSR count). The number of nitrogens with zero attached hydrogens (tertiary/aromatic N) is 3. The van der Waals surface area contributed by atoms with Gasteiger partial charge in [0, 0.05) is 25.2 Å². The molecule has 128 valence electrons. The average molecular weight is 333 g/mol. The number of morpholine rings is 1. The van der Waals surface area contributed by atoms with E-state index < -0.39 is 11.0 Å². The molecule has 2 aliphatic rings. The molecule has 1 aromatic carbocycles. The van der Waals surface area contributed by atoms with Crippen molar-refractivity contribution in [3.05, 3.63) is 34.4 Å². The summed E-state index contributed by atoms with van der Waals surface area (Å²) in [6.07, 6.45) is 0.130. The number of amides is 2. The number of hydrogen-bond acceptors (Lipinski definition) is 6. The molecule has 0 unspecified atom stereocenters. The number of nitro benzene ring substituents is 1. The summed E-state index contributed by atoms with van der Waals surface area (Å²) in [6, 6.07) is 4.95. The fourth-order valence-electron chi connectivity index (χ4n) is 3.37. The van der Waals surface area contributed by atoms with Gasteiger partial charge >= 0.3 is 0 Å². The van der Waals surface area contributed by atoms with Gasteiger partial charge in [0.2, 0.25) is 5.91 Å². The van der Waals surface area contributed by atoms with Gasteiger partial charge in [0.15, 0.2) is 0 Å². The van der Waals surface area contributed by atoms with Crippen LogP contribution >= 0.6 is 0 Å². The molecule has 8 heteroatoms. The molecule has 0 aliphatic carbocycles. The van der Waals surface area contributed by atoms with E-state index in [0.717, 1.165) is 4.90 Å². The van der Waals surface area contributed by atoms with Gasteiger partial charge in [0.25, 0.3) is 11.6 Å². The van der Waals surface area contributed by atoms with E-state index in [2.05, 4.69) is 0 Å². The monoisotopic (exact) mass is 333 g/mol. The maximum Gasteiger partial charge on any atom is 0.269 e. The van der Waals surface area contributed by atoms with Gasteiger partial charge < -0.3 is 4.74 Å². The zero-order chi connectivity index (χ0) is 17.4. The van der Waals surface area contributed by atoms with E-state index in [9.17, 15) is 19.7 Å². The van der Waals surface area contributed by atoms with Crippen molar-refractivity contribution in [2.45, 2.75) is 38.5 Å². The van der Waals surface area contributed by atoms with Crippen LogP contribution in [0.2, 0.25) is 0 Å². The molecule has 0 N–H and O–H groups in total. The number of rotatable bonds is 3. The van der Waals surface area contributed by atoms with E-state index in [0.29, 0.717) is 18.8 Å². The smallest absolute Gasteiger partial charge is 0.269 e. The lowest BCUT2D eigenvalue weighted by Gasteiger charge is -2.37. The number of ether oxygens (including phenoxy) is 1. The predicted octanol–water partition coefficient (Wildman–Crippen LogP) is 1.34. The SMILES string of the molecule is C[C@@H]1CN([C@H]2CC(=O)N(c3ccc([N+](=O)[O-])cc3)C2=O)C[C@@H](C)O1. The van der Waals surface area contributed by atoms with Gasteiger partial charge in [-0.05, 0) is 26.0 Å². The Kier molecular flexibility index (Phi) is 4.33. The lowest BCUT2D eigenvalue weighted by molar-refractivity contribution is -0.384. The highest BCUT2D eigenvalue weighted by Crippen LogP contribution is 2.28. The first-order valence-electron chi connectivity index (χ1n) is 7.87. The Morgan fingerprint density at radius 3 is 2.25 bits per heavy atom. The van der Waals surface area contributed by atoms with Crippen LogP contribution in [0.4, 0.5) is 11.4 Å². The van der Waals surface area contributed by atoms with Crippen molar-refractivity contribution in [1.29, 1.82) is 0 Å². The van der Waals surface area contributed by atoms with Crippen molar-refractivity contribution >= 4 is 23.2 Å². The zero-order valence-corrected chi connectivity index (χ0v) is 13.5. The van der Waals surface area contributed by atoms with Crippen LogP contribution in [0.3, 0.4) is 0 Å². The highest BCUT2D eigenvalue weighted by Gasteiger charge is 2.44. The number of anilines is 1. The zero-order valence-electron chi connectivity index (χ0n) is 13.5. The molecule has 2 aliphatic heterocycles. The molecule has 2 heterocycles. The number of carbonyl (C=O) groups is 2. The number of benzene rings is 1. The van der Waals surface area contributed by atoms with Crippen molar-refractivity contribution in [3.8, 4) is 0 Å². The van der Waals surface area contributed by atoms with Crippen LogP contribution in [0.25, 0.3) is 0 Å². The van der Waals surface area contributed by atoms with Crippen LogP contribution in [0, 0.1) is 10.1 Å². The summed E-state index contributed by atoms with van der Waals surface area (Å²) in [6.45, 7) is 5.08. The van der Waals surface area contributed by atoms with E-state index in [-0.39, 0.29) is 36.1 Å². The molecule has 3 atom stereocenters. The predicted molar refractivity (Wildman–Crippen MR) is 85.6 cm³/mol. The van der Waals surface area contributed by atoms with Crippen molar-refractivity contribution in [2.24, 2.45) is 0 Å². The molecule has 0 bridgehead atoms. The molecule has 24 heavy (non-hydrogen) atoms. The van der Waals surface area contributed by atoms with Gasteiger partial charge in [0.1, 0.15) is 0 Å². The van der Waals surface area contributed by atoms with E-state index >= 15 is 0 Å². The van der Waals surface area contributed by atoms with Gasteiger partial charge in [0.05, 0.1) is 35.3 Å². The van der Waals surface area contributed by atoms with E-state index in [1.165, 1.54) is 24.3 Å². The lowest BCUT2D eigenvalue weighted by Crippen LogP contribution is -2.52. The van der Waals surface area contributed by atoms with Crippen LogP contribution < -0.4 is 4.90 Å².